The van der Waals surface area contributed by atoms with Crippen LogP contribution < -0.4 is 0 Å². The van der Waals surface area contributed by atoms with Gasteiger partial charge in [-0.2, -0.15) is 0 Å². The van der Waals surface area contributed by atoms with E-state index in [4.69, 9.17) is 0 Å². The summed E-state index contributed by atoms with van der Waals surface area (Å²) in [5.41, 5.74) is 3.48. The van der Waals surface area contributed by atoms with Crippen molar-refractivity contribution in [3.05, 3.63) is 52.0 Å². The van der Waals surface area contributed by atoms with E-state index in [-0.39, 0.29) is 5.78 Å². The van der Waals surface area contributed by atoms with Crippen LogP contribution in [0.5, 0.6) is 0 Å². The second-order valence-corrected chi connectivity index (χ2v) is 4.27. The average Bonchev–Trinajstić information content (AvgIpc) is 2.90. The summed E-state index contributed by atoms with van der Waals surface area (Å²) in [7, 11) is 0. The number of fused-ring (bicyclic) bond motifs is 1. The number of hydrogen-bond acceptors (Lipinski definition) is 4. The van der Waals surface area contributed by atoms with Gasteiger partial charge in [0, 0.05) is 22.9 Å². The lowest BCUT2D eigenvalue weighted by Gasteiger charge is -1.91. The number of Topliss-reactive ketones (excluding diaryl/α,β-unsaturated/α-hetero) is 1. The lowest BCUT2D eigenvalue weighted by molar-refractivity contribution is 0.104. The molecular weight excluding hydrogens is 220 g/mol. The topological polar surface area (TPSA) is 42.9 Å². The third-order valence-electron chi connectivity index (χ3n) is 2.63. The van der Waals surface area contributed by atoms with E-state index in [1.54, 1.807) is 0 Å². The first kappa shape index (κ1) is 9.42. The van der Waals surface area contributed by atoms with Crippen molar-refractivity contribution in [2.45, 2.75) is 6.42 Å². The van der Waals surface area contributed by atoms with Crippen LogP contribution in [0.1, 0.15) is 21.6 Å². The fourth-order valence-corrected chi connectivity index (χ4v) is 2.30. The standard InChI is InChI=1S/C12H8N2OS/c15-12-9(6-10-7-16-14-13-10)5-8-3-1-2-4-11(8)12/h1-4,6-7H,5H2/b9-6+. The van der Waals surface area contributed by atoms with E-state index in [0.29, 0.717) is 6.42 Å². The molecule has 78 valence electrons. The molecule has 1 aromatic heterocycles. The van der Waals surface area contributed by atoms with E-state index in [2.05, 4.69) is 9.59 Å². The van der Waals surface area contributed by atoms with Gasteiger partial charge in [0.25, 0.3) is 0 Å². The first-order valence-corrected chi connectivity index (χ1v) is 5.78. The van der Waals surface area contributed by atoms with Crippen molar-refractivity contribution in [1.82, 2.24) is 9.59 Å². The Labute approximate surface area is 96.6 Å². The van der Waals surface area contributed by atoms with E-state index in [1.807, 2.05) is 35.7 Å². The van der Waals surface area contributed by atoms with Crippen molar-refractivity contribution < 1.29 is 4.79 Å². The highest BCUT2D eigenvalue weighted by molar-refractivity contribution is 7.03. The van der Waals surface area contributed by atoms with Gasteiger partial charge in [0.2, 0.25) is 0 Å². The zero-order valence-electron chi connectivity index (χ0n) is 8.38. The molecule has 0 aliphatic heterocycles. The van der Waals surface area contributed by atoms with Gasteiger partial charge in [0.15, 0.2) is 5.78 Å². The Kier molecular flexibility index (Phi) is 2.15. The zero-order chi connectivity index (χ0) is 11.0. The zero-order valence-corrected chi connectivity index (χ0v) is 9.20. The van der Waals surface area contributed by atoms with Crippen LogP contribution in [0.4, 0.5) is 0 Å². The molecule has 1 heterocycles. The molecular formula is C12H8N2OS. The number of aromatic nitrogens is 2. The molecule has 0 spiro atoms. The van der Waals surface area contributed by atoms with E-state index < -0.39 is 0 Å². The highest BCUT2D eigenvalue weighted by Crippen LogP contribution is 2.27. The summed E-state index contributed by atoms with van der Waals surface area (Å²) < 4.78 is 3.77. The summed E-state index contributed by atoms with van der Waals surface area (Å²) in [6.45, 7) is 0. The van der Waals surface area contributed by atoms with Crippen LogP contribution in [0, 0.1) is 0 Å². The normalized spacial score (nSPS) is 16.8. The molecule has 0 atom stereocenters. The minimum atomic E-state index is 0.114. The molecule has 0 bridgehead atoms. The second-order valence-electron chi connectivity index (χ2n) is 3.66. The number of rotatable bonds is 1. The van der Waals surface area contributed by atoms with E-state index in [9.17, 15) is 4.79 Å². The minimum Gasteiger partial charge on any atom is -0.289 e. The van der Waals surface area contributed by atoms with Crippen LogP contribution >= 0.6 is 11.5 Å². The van der Waals surface area contributed by atoms with Crippen LogP contribution in [0.15, 0.2) is 35.2 Å². The molecule has 0 unspecified atom stereocenters. The summed E-state index contributed by atoms with van der Waals surface area (Å²) >= 11 is 1.29. The number of benzene rings is 1. The molecule has 0 saturated carbocycles. The number of nitrogens with zero attached hydrogens (tertiary/aromatic N) is 2. The quantitative estimate of drug-likeness (QED) is 0.704. The third kappa shape index (κ3) is 1.47. The largest absolute Gasteiger partial charge is 0.289 e. The third-order valence-corrected chi connectivity index (χ3v) is 3.16. The predicted molar refractivity (Wildman–Crippen MR) is 62.4 cm³/mol. The highest BCUT2D eigenvalue weighted by Gasteiger charge is 2.23. The number of hydrogen-bond donors (Lipinski definition) is 0. The fourth-order valence-electron chi connectivity index (χ4n) is 1.88. The Morgan fingerprint density at radius 2 is 2.19 bits per heavy atom. The van der Waals surface area contributed by atoms with Crippen molar-refractivity contribution in [1.29, 1.82) is 0 Å². The number of carbonyl (C=O) groups excluding carboxylic acids is 1. The van der Waals surface area contributed by atoms with Gasteiger partial charge in [-0.3, -0.25) is 4.79 Å². The average molecular weight is 228 g/mol. The molecule has 0 fully saturated rings. The predicted octanol–water partition coefficient (Wildman–Crippen LogP) is 2.36. The summed E-state index contributed by atoms with van der Waals surface area (Å²) in [5, 5.41) is 5.75. The van der Waals surface area contributed by atoms with Crippen LogP contribution in [-0.2, 0) is 6.42 Å². The van der Waals surface area contributed by atoms with Gasteiger partial charge in [-0.25, -0.2) is 0 Å². The van der Waals surface area contributed by atoms with Gasteiger partial charge < -0.3 is 0 Å². The maximum Gasteiger partial charge on any atom is 0.189 e. The summed E-state index contributed by atoms with van der Waals surface area (Å²) in [5.74, 6) is 0.114. The summed E-state index contributed by atoms with van der Waals surface area (Å²) in [6.07, 6.45) is 2.53. The lowest BCUT2D eigenvalue weighted by Crippen LogP contribution is -1.94. The van der Waals surface area contributed by atoms with Crippen LogP contribution in [0.2, 0.25) is 0 Å². The number of carbonyl (C=O) groups is 1. The fraction of sp³-hybridized carbons (Fsp3) is 0.0833. The van der Waals surface area contributed by atoms with Gasteiger partial charge in [-0.1, -0.05) is 28.8 Å². The molecule has 1 aliphatic carbocycles. The van der Waals surface area contributed by atoms with Crippen molar-refractivity contribution in [3.63, 3.8) is 0 Å². The number of allylic oxidation sites excluding steroid dienone is 1. The monoisotopic (exact) mass is 228 g/mol. The molecule has 0 radical (unpaired) electrons. The first-order chi connectivity index (χ1) is 7.84. The van der Waals surface area contributed by atoms with E-state index in [1.165, 1.54) is 11.5 Å². The molecule has 1 aromatic carbocycles. The molecule has 2 aromatic rings. The molecule has 0 amide bonds. The SMILES string of the molecule is O=C1/C(=C/c2csnn2)Cc2ccccc21. The van der Waals surface area contributed by atoms with Crippen LogP contribution in [0.25, 0.3) is 6.08 Å². The Morgan fingerprint density at radius 1 is 1.31 bits per heavy atom. The van der Waals surface area contributed by atoms with Crippen LogP contribution in [0.3, 0.4) is 0 Å². The maximum absolute atomic E-state index is 12.0. The second kappa shape index (κ2) is 3.64. The van der Waals surface area contributed by atoms with Gasteiger partial charge in [0.05, 0.1) is 5.69 Å². The van der Waals surface area contributed by atoms with Gasteiger partial charge >= 0.3 is 0 Å². The molecule has 0 N–H and O–H groups in total. The van der Waals surface area contributed by atoms with Crippen molar-refractivity contribution >= 4 is 23.4 Å². The van der Waals surface area contributed by atoms with E-state index in [0.717, 1.165) is 22.4 Å². The molecule has 1 aliphatic rings. The minimum absolute atomic E-state index is 0.114. The summed E-state index contributed by atoms with van der Waals surface area (Å²) in [4.78, 5) is 12.0. The lowest BCUT2D eigenvalue weighted by atomic mass is 10.1. The highest BCUT2D eigenvalue weighted by atomic mass is 32.1. The Hall–Kier alpha value is -1.81. The summed E-state index contributed by atoms with van der Waals surface area (Å²) in [6, 6.07) is 7.72. The molecule has 4 heteroatoms. The maximum atomic E-state index is 12.0. The van der Waals surface area contributed by atoms with E-state index >= 15 is 0 Å². The van der Waals surface area contributed by atoms with Crippen molar-refractivity contribution in [3.8, 4) is 0 Å². The molecule has 3 nitrogen and oxygen atoms in total. The first-order valence-electron chi connectivity index (χ1n) is 4.95. The smallest absolute Gasteiger partial charge is 0.189 e. The van der Waals surface area contributed by atoms with Gasteiger partial charge in [-0.05, 0) is 23.2 Å². The van der Waals surface area contributed by atoms with Crippen molar-refractivity contribution in [2.75, 3.05) is 0 Å². The Morgan fingerprint density at radius 3 is 2.94 bits per heavy atom. The van der Waals surface area contributed by atoms with Gasteiger partial charge in [-0.15, -0.1) is 5.10 Å². The Balaban J connectivity index is 2.02. The van der Waals surface area contributed by atoms with Crippen molar-refractivity contribution in [2.24, 2.45) is 0 Å². The number of ketones is 1. The Bertz CT molecular complexity index is 572. The molecule has 16 heavy (non-hydrogen) atoms. The molecule has 0 saturated heterocycles. The van der Waals surface area contributed by atoms with Gasteiger partial charge in [0.1, 0.15) is 0 Å². The molecule has 3 rings (SSSR count). The van der Waals surface area contributed by atoms with Crippen LogP contribution in [-0.4, -0.2) is 15.4 Å².